The van der Waals surface area contributed by atoms with E-state index in [4.69, 9.17) is 9.92 Å². The molecule has 2 atom stereocenters. The van der Waals surface area contributed by atoms with Gasteiger partial charge in [-0.2, -0.15) is 8.42 Å². The lowest BCUT2D eigenvalue weighted by atomic mass is 10.0. The van der Waals surface area contributed by atoms with Crippen molar-refractivity contribution in [3.8, 4) is 0 Å². The van der Waals surface area contributed by atoms with Gasteiger partial charge in [-0.25, -0.2) is 8.37 Å². The van der Waals surface area contributed by atoms with Crippen molar-refractivity contribution < 1.29 is 16.8 Å². The van der Waals surface area contributed by atoms with Gasteiger partial charge in [0.25, 0.3) is 0 Å². The van der Waals surface area contributed by atoms with Crippen molar-refractivity contribution in [3.63, 3.8) is 0 Å². The Balaban J connectivity index is 4.05. The van der Waals surface area contributed by atoms with Gasteiger partial charge in [0.1, 0.15) is 0 Å². The van der Waals surface area contributed by atoms with E-state index in [2.05, 4.69) is 4.18 Å². The monoisotopic (exact) mass is 239 g/mol. The molecule has 0 radical (unpaired) electrons. The van der Waals surface area contributed by atoms with Gasteiger partial charge in [0.15, 0.2) is 0 Å². The topological polar surface area (TPSA) is 78.6 Å². The number of nitrogens with two attached hydrogens (primary N) is 1. The maximum absolute atomic E-state index is 11.2. The molecule has 0 aliphatic heterocycles. The van der Waals surface area contributed by atoms with E-state index in [1.165, 1.54) is 0 Å². The molecule has 0 aliphatic carbocycles. The van der Waals surface area contributed by atoms with Gasteiger partial charge in [0, 0.05) is 0 Å². The normalized spacial score (nSPS) is 16.3. The van der Waals surface area contributed by atoms with Crippen LogP contribution in [0.15, 0.2) is 0 Å². The second kappa shape index (κ2) is 7.16. The largest absolute Gasteiger partial charge is 0.400 e. The Kier molecular flexibility index (Phi) is 7.08. The summed E-state index contributed by atoms with van der Waals surface area (Å²) in [6.45, 7) is 5.95. The maximum atomic E-state index is 11.2. The first-order valence-electron chi connectivity index (χ1n) is 5.20. The van der Waals surface area contributed by atoms with Crippen molar-refractivity contribution >= 4 is 10.4 Å². The van der Waals surface area contributed by atoms with Crippen molar-refractivity contribution in [2.24, 2.45) is 11.7 Å². The van der Waals surface area contributed by atoms with Crippen molar-refractivity contribution in [2.75, 3.05) is 13.2 Å². The number of rotatable bonds is 8. The van der Waals surface area contributed by atoms with Gasteiger partial charge in [0.05, 0.1) is 12.7 Å². The van der Waals surface area contributed by atoms with E-state index in [1.54, 1.807) is 13.8 Å². The highest BCUT2D eigenvalue weighted by atomic mass is 32.3. The van der Waals surface area contributed by atoms with Gasteiger partial charge in [-0.3, -0.25) is 0 Å². The van der Waals surface area contributed by atoms with Crippen LogP contribution < -0.4 is 5.73 Å². The molecule has 0 aromatic rings. The van der Waals surface area contributed by atoms with Crippen molar-refractivity contribution in [3.05, 3.63) is 0 Å². The third-order valence-electron chi connectivity index (χ3n) is 2.20. The smallest absolute Gasteiger partial charge is 0.330 e. The first-order valence-corrected chi connectivity index (χ1v) is 6.54. The summed E-state index contributed by atoms with van der Waals surface area (Å²) in [5, 5.41) is 0. The number of hydrogen-bond donors (Lipinski definition) is 1. The summed E-state index contributed by atoms with van der Waals surface area (Å²) >= 11 is 0. The Morgan fingerprint density at radius 1 is 1.33 bits per heavy atom. The van der Waals surface area contributed by atoms with Gasteiger partial charge in [-0.05, 0) is 39.2 Å². The molecule has 0 aliphatic rings. The first-order chi connectivity index (χ1) is 6.93. The molecule has 92 valence electrons. The summed E-state index contributed by atoms with van der Waals surface area (Å²) in [5.41, 5.74) is 5.37. The fraction of sp³-hybridized carbons (Fsp3) is 1.00. The van der Waals surface area contributed by atoms with Crippen molar-refractivity contribution in [1.29, 1.82) is 0 Å². The SMILES string of the molecule is CCOS(=O)(=O)OC(C)C(C)CCCN. The lowest BCUT2D eigenvalue weighted by Gasteiger charge is -2.19. The summed E-state index contributed by atoms with van der Waals surface area (Å²) < 4.78 is 31.6. The van der Waals surface area contributed by atoms with E-state index in [9.17, 15) is 8.42 Å². The Morgan fingerprint density at radius 3 is 2.40 bits per heavy atom. The maximum Gasteiger partial charge on any atom is 0.400 e. The van der Waals surface area contributed by atoms with E-state index < -0.39 is 10.4 Å². The molecule has 5 nitrogen and oxygen atoms in total. The molecule has 0 saturated heterocycles. The van der Waals surface area contributed by atoms with Crippen LogP contribution in [0.3, 0.4) is 0 Å². The number of hydrogen-bond acceptors (Lipinski definition) is 5. The van der Waals surface area contributed by atoms with Crippen LogP contribution in [0.4, 0.5) is 0 Å². The van der Waals surface area contributed by atoms with Gasteiger partial charge < -0.3 is 5.73 Å². The Bertz CT molecular complexity index is 253. The van der Waals surface area contributed by atoms with Gasteiger partial charge in [0.2, 0.25) is 0 Å². The molecule has 0 spiro atoms. The lowest BCUT2D eigenvalue weighted by Crippen LogP contribution is -2.24. The van der Waals surface area contributed by atoms with Crippen molar-refractivity contribution in [2.45, 2.75) is 39.7 Å². The Labute approximate surface area is 92.3 Å². The predicted octanol–water partition coefficient (Wildman–Crippen LogP) is 1.05. The van der Waals surface area contributed by atoms with Crippen LogP contribution in [0.1, 0.15) is 33.6 Å². The average molecular weight is 239 g/mol. The van der Waals surface area contributed by atoms with E-state index in [1.807, 2.05) is 6.92 Å². The molecule has 0 saturated carbocycles. The summed E-state index contributed by atoms with van der Waals surface area (Å²) in [5.74, 6) is 0.142. The Hall–Kier alpha value is -0.170. The summed E-state index contributed by atoms with van der Waals surface area (Å²) in [6.07, 6.45) is 1.33. The third kappa shape index (κ3) is 6.83. The quantitative estimate of drug-likeness (QED) is 0.685. The molecule has 0 rings (SSSR count). The summed E-state index contributed by atoms with van der Waals surface area (Å²) in [7, 11) is -3.83. The van der Waals surface area contributed by atoms with Crippen LogP contribution >= 0.6 is 0 Å². The molecule has 2 unspecified atom stereocenters. The molecule has 0 fully saturated rings. The minimum absolute atomic E-state index is 0.0895. The second-order valence-corrected chi connectivity index (χ2v) is 4.77. The molecular formula is C9H21NO4S. The van der Waals surface area contributed by atoms with Crippen molar-refractivity contribution in [1.82, 2.24) is 0 Å². The molecule has 0 heterocycles. The molecule has 0 aromatic carbocycles. The van der Waals surface area contributed by atoms with E-state index in [0.717, 1.165) is 12.8 Å². The first kappa shape index (κ1) is 14.8. The zero-order valence-electron chi connectivity index (χ0n) is 9.60. The van der Waals surface area contributed by atoms with Crippen LogP contribution in [0, 0.1) is 5.92 Å². The van der Waals surface area contributed by atoms with Crippen LogP contribution in [0.2, 0.25) is 0 Å². The Morgan fingerprint density at radius 2 is 1.93 bits per heavy atom. The predicted molar refractivity (Wildman–Crippen MR) is 58.5 cm³/mol. The molecule has 6 heteroatoms. The van der Waals surface area contributed by atoms with Gasteiger partial charge in [-0.1, -0.05) is 6.92 Å². The fourth-order valence-electron chi connectivity index (χ4n) is 1.13. The third-order valence-corrected chi connectivity index (χ3v) is 3.26. The summed E-state index contributed by atoms with van der Waals surface area (Å²) in [6, 6.07) is 0. The molecule has 0 bridgehead atoms. The molecule has 0 amide bonds. The van der Waals surface area contributed by atoms with Crippen LogP contribution in [0.25, 0.3) is 0 Å². The van der Waals surface area contributed by atoms with E-state index in [0.29, 0.717) is 6.54 Å². The molecule has 0 aromatic heterocycles. The zero-order valence-corrected chi connectivity index (χ0v) is 10.4. The molecular weight excluding hydrogens is 218 g/mol. The second-order valence-electron chi connectivity index (χ2n) is 3.52. The fourth-order valence-corrected chi connectivity index (χ4v) is 2.03. The standard InChI is InChI=1S/C9H21NO4S/c1-4-13-15(11,12)14-9(3)8(2)6-5-7-10/h8-9H,4-7,10H2,1-3H3. The van der Waals surface area contributed by atoms with Crippen LogP contribution in [0.5, 0.6) is 0 Å². The van der Waals surface area contributed by atoms with E-state index >= 15 is 0 Å². The minimum atomic E-state index is -3.83. The molecule has 15 heavy (non-hydrogen) atoms. The van der Waals surface area contributed by atoms with E-state index in [-0.39, 0.29) is 18.6 Å². The van der Waals surface area contributed by atoms with Crippen LogP contribution in [-0.2, 0) is 18.8 Å². The van der Waals surface area contributed by atoms with Gasteiger partial charge >= 0.3 is 10.4 Å². The molecule has 2 N–H and O–H groups in total. The highest BCUT2D eigenvalue weighted by Crippen LogP contribution is 2.15. The average Bonchev–Trinajstić information content (AvgIpc) is 2.13. The zero-order chi connectivity index (χ0) is 11.9. The highest BCUT2D eigenvalue weighted by molar-refractivity contribution is 7.81. The van der Waals surface area contributed by atoms with Crippen LogP contribution in [-0.4, -0.2) is 27.7 Å². The highest BCUT2D eigenvalue weighted by Gasteiger charge is 2.20. The lowest BCUT2D eigenvalue weighted by molar-refractivity contribution is 0.126. The van der Waals surface area contributed by atoms with Gasteiger partial charge in [-0.15, -0.1) is 0 Å². The minimum Gasteiger partial charge on any atom is -0.330 e. The summed E-state index contributed by atoms with van der Waals surface area (Å²) in [4.78, 5) is 0.